The smallest absolute Gasteiger partial charge is 0.249 e. The highest BCUT2D eigenvalue weighted by Gasteiger charge is 2.05. The lowest BCUT2D eigenvalue weighted by molar-refractivity contribution is 0.354. The van der Waals surface area contributed by atoms with E-state index in [-0.39, 0.29) is 0 Å². The van der Waals surface area contributed by atoms with Crippen LogP contribution < -0.4 is 20.1 Å². The van der Waals surface area contributed by atoms with Crippen LogP contribution in [-0.4, -0.2) is 35.9 Å². The van der Waals surface area contributed by atoms with Crippen LogP contribution in [0.25, 0.3) is 0 Å². The van der Waals surface area contributed by atoms with Crippen molar-refractivity contribution < 1.29 is 9.47 Å². The van der Waals surface area contributed by atoms with Gasteiger partial charge in [-0.25, -0.2) is 0 Å². The van der Waals surface area contributed by atoms with Crippen LogP contribution in [-0.2, 0) is 6.42 Å². The molecule has 3 aromatic rings. The molecule has 0 bridgehead atoms. The first kappa shape index (κ1) is 18.4. The van der Waals surface area contributed by atoms with Crippen LogP contribution in [0, 0.1) is 6.92 Å². The van der Waals surface area contributed by atoms with Gasteiger partial charge < -0.3 is 20.1 Å². The fourth-order valence-electron chi connectivity index (χ4n) is 2.58. The third kappa shape index (κ3) is 5.07. The zero-order valence-corrected chi connectivity index (χ0v) is 15.7. The van der Waals surface area contributed by atoms with Crippen molar-refractivity contribution in [1.29, 1.82) is 0 Å². The van der Waals surface area contributed by atoms with Crippen LogP contribution in [0.4, 0.5) is 17.5 Å². The van der Waals surface area contributed by atoms with E-state index < -0.39 is 0 Å². The number of aryl methyl sites for hydroxylation is 1. The van der Waals surface area contributed by atoms with Crippen molar-refractivity contribution in [2.75, 3.05) is 31.4 Å². The Morgan fingerprint density at radius 1 is 0.963 bits per heavy atom. The number of benzene rings is 2. The maximum atomic E-state index is 5.34. The third-order valence-electron chi connectivity index (χ3n) is 4.03. The minimum atomic E-state index is 0.454. The van der Waals surface area contributed by atoms with E-state index in [4.69, 9.17) is 9.47 Å². The fraction of sp³-hybridized carbons (Fsp3) is 0.250. The molecule has 1 aromatic heterocycles. The first-order chi connectivity index (χ1) is 13.2. The highest BCUT2D eigenvalue weighted by Crippen LogP contribution is 2.27. The summed E-state index contributed by atoms with van der Waals surface area (Å²) < 4.78 is 10.6. The lowest BCUT2D eigenvalue weighted by atomic mass is 10.1. The van der Waals surface area contributed by atoms with Crippen LogP contribution in [0.3, 0.4) is 0 Å². The molecule has 0 saturated carbocycles. The van der Waals surface area contributed by atoms with E-state index in [1.165, 1.54) is 5.56 Å². The molecule has 140 valence electrons. The van der Waals surface area contributed by atoms with E-state index in [0.29, 0.717) is 18.3 Å². The SMILES string of the molecule is COc1ccc(CCNc2cnnc(Nc3ccc(C)cc3)n2)cc1OC. The molecule has 7 nitrogen and oxygen atoms in total. The molecule has 27 heavy (non-hydrogen) atoms. The molecule has 2 aromatic carbocycles. The highest BCUT2D eigenvalue weighted by molar-refractivity contribution is 5.54. The summed E-state index contributed by atoms with van der Waals surface area (Å²) in [6.07, 6.45) is 2.42. The first-order valence-electron chi connectivity index (χ1n) is 8.66. The number of methoxy groups -OCH3 is 2. The van der Waals surface area contributed by atoms with Gasteiger partial charge in [0.25, 0.3) is 0 Å². The maximum Gasteiger partial charge on any atom is 0.249 e. The van der Waals surface area contributed by atoms with Crippen molar-refractivity contribution in [2.24, 2.45) is 0 Å². The number of aromatic nitrogens is 3. The minimum absolute atomic E-state index is 0.454. The predicted molar refractivity (Wildman–Crippen MR) is 106 cm³/mol. The summed E-state index contributed by atoms with van der Waals surface area (Å²) in [6, 6.07) is 13.9. The van der Waals surface area contributed by atoms with Crippen molar-refractivity contribution >= 4 is 17.5 Å². The number of nitrogens with one attached hydrogen (secondary N) is 2. The standard InChI is InChI=1S/C20H23N5O2/c1-14-4-7-16(8-5-14)23-20-24-19(13-22-25-20)21-11-10-15-6-9-17(26-2)18(12-15)27-3/h4-9,12-13H,10-11H2,1-3H3,(H2,21,23,24,25). The summed E-state index contributed by atoms with van der Waals surface area (Å²) >= 11 is 0. The topological polar surface area (TPSA) is 81.2 Å². The molecule has 0 unspecified atom stereocenters. The van der Waals surface area contributed by atoms with Crippen molar-refractivity contribution in [3.63, 3.8) is 0 Å². The van der Waals surface area contributed by atoms with Crippen molar-refractivity contribution in [2.45, 2.75) is 13.3 Å². The van der Waals surface area contributed by atoms with Gasteiger partial charge in [0, 0.05) is 12.2 Å². The number of rotatable bonds is 8. The lowest BCUT2D eigenvalue weighted by Crippen LogP contribution is -2.09. The average molecular weight is 365 g/mol. The zero-order valence-electron chi connectivity index (χ0n) is 15.7. The Morgan fingerprint density at radius 2 is 1.74 bits per heavy atom. The number of hydrogen-bond acceptors (Lipinski definition) is 7. The summed E-state index contributed by atoms with van der Waals surface area (Å²) in [4.78, 5) is 4.44. The van der Waals surface area contributed by atoms with Crippen molar-refractivity contribution in [3.8, 4) is 11.5 Å². The highest BCUT2D eigenvalue weighted by atomic mass is 16.5. The van der Waals surface area contributed by atoms with Gasteiger partial charge in [-0.1, -0.05) is 23.8 Å². The summed E-state index contributed by atoms with van der Waals surface area (Å²) in [7, 11) is 3.26. The Kier molecular flexibility index (Phi) is 6.04. The summed E-state index contributed by atoms with van der Waals surface area (Å²) in [5.74, 6) is 2.57. The molecular formula is C20H23N5O2. The lowest BCUT2D eigenvalue weighted by Gasteiger charge is -2.10. The van der Waals surface area contributed by atoms with Gasteiger partial charge in [0.2, 0.25) is 5.95 Å². The van der Waals surface area contributed by atoms with Crippen molar-refractivity contribution in [3.05, 3.63) is 59.8 Å². The molecule has 0 amide bonds. The number of ether oxygens (including phenoxy) is 2. The quantitative estimate of drug-likeness (QED) is 0.631. The van der Waals surface area contributed by atoms with E-state index in [0.717, 1.165) is 29.2 Å². The van der Waals surface area contributed by atoms with Gasteiger partial charge in [0.05, 0.1) is 20.4 Å². The summed E-state index contributed by atoms with van der Waals surface area (Å²) in [6.45, 7) is 2.75. The van der Waals surface area contributed by atoms with Gasteiger partial charge in [-0.15, -0.1) is 5.10 Å². The van der Waals surface area contributed by atoms with Gasteiger partial charge in [-0.3, -0.25) is 0 Å². The van der Waals surface area contributed by atoms with Crippen LogP contribution in [0.5, 0.6) is 11.5 Å². The van der Waals surface area contributed by atoms with Crippen LogP contribution in [0.2, 0.25) is 0 Å². The number of nitrogens with zero attached hydrogens (tertiary/aromatic N) is 3. The monoisotopic (exact) mass is 365 g/mol. The van der Waals surface area contributed by atoms with Crippen LogP contribution in [0.15, 0.2) is 48.7 Å². The Hall–Kier alpha value is -3.35. The molecule has 2 N–H and O–H groups in total. The molecule has 0 fully saturated rings. The first-order valence-corrected chi connectivity index (χ1v) is 8.66. The second-order valence-corrected chi connectivity index (χ2v) is 6.02. The van der Waals surface area contributed by atoms with Gasteiger partial charge >= 0.3 is 0 Å². The molecule has 0 saturated heterocycles. The van der Waals surface area contributed by atoms with Crippen LogP contribution >= 0.6 is 0 Å². The average Bonchev–Trinajstić information content (AvgIpc) is 2.70. The summed E-state index contributed by atoms with van der Waals surface area (Å²) in [5, 5.41) is 14.4. The minimum Gasteiger partial charge on any atom is -0.493 e. The predicted octanol–water partition coefficient (Wildman–Crippen LogP) is 3.60. The van der Waals surface area contributed by atoms with Gasteiger partial charge in [0.1, 0.15) is 0 Å². The van der Waals surface area contributed by atoms with E-state index in [2.05, 4.69) is 25.8 Å². The van der Waals surface area contributed by atoms with Gasteiger partial charge in [0.15, 0.2) is 17.3 Å². The largest absolute Gasteiger partial charge is 0.493 e. The molecule has 3 rings (SSSR count). The zero-order chi connectivity index (χ0) is 19.1. The van der Waals surface area contributed by atoms with E-state index in [9.17, 15) is 0 Å². The van der Waals surface area contributed by atoms with E-state index in [1.54, 1.807) is 20.4 Å². The van der Waals surface area contributed by atoms with Crippen LogP contribution in [0.1, 0.15) is 11.1 Å². The second-order valence-electron chi connectivity index (χ2n) is 6.02. The molecular weight excluding hydrogens is 342 g/mol. The normalized spacial score (nSPS) is 10.3. The molecule has 0 aliphatic heterocycles. The Morgan fingerprint density at radius 3 is 2.48 bits per heavy atom. The molecule has 0 spiro atoms. The Bertz CT molecular complexity index is 884. The number of anilines is 3. The molecule has 1 heterocycles. The maximum absolute atomic E-state index is 5.34. The molecule has 0 radical (unpaired) electrons. The Labute approximate surface area is 158 Å². The molecule has 0 aliphatic carbocycles. The molecule has 7 heteroatoms. The molecule has 0 atom stereocenters. The van der Waals surface area contributed by atoms with Gasteiger partial charge in [-0.2, -0.15) is 10.1 Å². The van der Waals surface area contributed by atoms with Gasteiger partial charge in [-0.05, 0) is 43.2 Å². The molecule has 0 aliphatic rings. The second kappa shape index (κ2) is 8.84. The van der Waals surface area contributed by atoms with E-state index >= 15 is 0 Å². The fourth-order valence-corrected chi connectivity index (χ4v) is 2.58. The van der Waals surface area contributed by atoms with Crippen molar-refractivity contribution in [1.82, 2.24) is 15.2 Å². The third-order valence-corrected chi connectivity index (χ3v) is 4.03. The Balaban J connectivity index is 1.57. The summed E-state index contributed by atoms with van der Waals surface area (Å²) in [5.41, 5.74) is 3.26. The van der Waals surface area contributed by atoms with E-state index in [1.807, 2.05) is 49.4 Å². The number of hydrogen-bond donors (Lipinski definition) is 2.